The number of para-hydroxylation sites is 1. The Balaban J connectivity index is 1.55. The largest absolute Gasteiger partial charge is 0.488 e. The van der Waals surface area contributed by atoms with Gasteiger partial charge in [0.2, 0.25) is 0 Å². The fourth-order valence-corrected chi connectivity index (χ4v) is 3.70. The van der Waals surface area contributed by atoms with Crippen molar-refractivity contribution < 1.29 is 9.53 Å². The number of fused-ring (bicyclic) bond motifs is 3. The Morgan fingerprint density at radius 2 is 2.17 bits per heavy atom. The van der Waals surface area contributed by atoms with Crippen molar-refractivity contribution in [2.45, 2.75) is 13.2 Å². The molecule has 0 saturated carbocycles. The van der Waals surface area contributed by atoms with Crippen molar-refractivity contribution in [3.05, 3.63) is 70.9 Å². The van der Waals surface area contributed by atoms with E-state index in [1.165, 1.54) is 11.3 Å². The van der Waals surface area contributed by atoms with Crippen molar-refractivity contribution in [2.75, 3.05) is 0 Å². The van der Waals surface area contributed by atoms with Crippen molar-refractivity contribution in [2.24, 2.45) is 0 Å². The van der Waals surface area contributed by atoms with Crippen LogP contribution < -0.4 is 10.1 Å². The van der Waals surface area contributed by atoms with Crippen LogP contribution in [-0.4, -0.2) is 10.9 Å². The number of ether oxygens (including phenoxy) is 1. The Morgan fingerprint density at radius 1 is 1.26 bits per heavy atom. The second kappa shape index (κ2) is 5.85. The second-order valence-electron chi connectivity index (χ2n) is 5.29. The van der Waals surface area contributed by atoms with Crippen molar-refractivity contribution in [3.63, 3.8) is 0 Å². The van der Waals surface area contributed by atoms with Gasteiger partial charge in [0.05, 0.1) is 4.88 Å². The summed E-state index contributed by atoms with van der Waals surface area (Å²) in [4.78, 5) is 18.3. The summed E-state index contributed by atoms with van der Waals surface area (Å²) < 4.78 is 5.74. The molecule has 0 bridgehead atoms. The average molecular weight is 322 g/mol. The first-order chi connectivity index (χ1) is 11.3. The van der Waals surface area contributed by atoms with Crippen LogP contribution in [0, 0.1) is 0 Å². The van der Waals surface area contributed by atoms with Gasteiger partial charge in [-0.1, -0.05) is 18.2 Å². The lowest BCUT2D eigenvalue weighted by Gasteiger charge is -2.16. The van der Waals surface area contributed by atoms with Crippen LogP contribution in [0.3, 0.4) is 0 Å². The van der Waals surface area contributed by atoms with E-state index in [0.717, 1.165) is 27.3 Å². The number of carbonyl (C=O) groups is 1. The standard InChI is InChI=1S/C18H14N2O2S/c21-18(20-10-12-4-3-7-19-9-12)16-8-13-11-22-15-6-2-1-5-14(15)17(13)23-16/h1-9H,10-11H2,(H,20,21). The molecule has 1 aliphatic heterocycles. The number of hydrogen-bond donors (Lipinski definition) is 1. The normalized spacial score (nSPS) is 12.0. The molecule has 4 nitrogen and oxygen atoms in total. The third-order valence-corrected chi connectivity index (χ3v) is 4.93. The molecule has 1 amide bonds. The van der Waals surface area contributed by atoms with Crippen LogP contribution in [0.15, 0.2) is 54.9 Å². The maximum atomic E-state index is 12.4. The molecule has 0 saturated heterocycles. The molecule has 1 aromatic carbocycles. The summed E-state index contributed by atoms with van der Waals surface area (Å²) in [6, 6.07) is 13.7. The van der Waals surface area contributed by atoms with Gasteiger partial charge in [0.1, 0.15) is 12.4 Å². The Morgan fingerprint density at radius 3 is 3.04 bits per heavy atom. The summed E-state index contributed by atoms with van der Waals surface area (Å²) >= 11 is 1.51. The smallest absolute Gasteiger partial charge is 0.261 e. The number of thiophene rings is 1. The van der Waals surface area contributed by atoms with Gasteiger partial charge in [0.25, 0.3) is 5.91 Å². The number of nitrogens with zero attached hydrogens (tertiary/aromatic N) is 1. The zero-order valence-electron chi connectivity index (χ0n) is 12.3. The number of nitrogens with one attached hydrogen (secondary N) is 1. The minimum atomic E-state index is -0.0641. The van der Waals surface area contributed by atoms with Crippen molar-refractivity contribution in [3.8, 4) is 16.2 Å². The zero-order chi connectivity index (χ0) is 15.6. The molecule has 114 valence electrons. The zero-order valence-corrected chi connectivity index (χ0v) is 13.1. The number of amides is 1. The van der Waals surface area contributed by atoms with Crippen LogP contribution in [0.1, 0.15) is 20.8 Å². The molecule has 1 aliphatic rings. The molecule has 3 aromatic rings. The lowest BCUT2D eigenvalue weighted by molar-refractivity contribution is 0.0955. The number of carbonyl (C=O) groups excluding carboxylic acids is 1. The van der Waals surface area contributed by atoms with E-state index in [1.54, 1.807) is 12.4 Å². The first-order valence-corrected chi connectivity index (χ1v) is 8.15. The highest BCUT2D eigenvalue weighted by Crippen LogP contribution is 2.42. The molecule has 5 heteroatoms. The van der Waals surface area contributed by atoms with E-state index in [0.29, 0.717) is 18.0 Å². The minimum Gasteiger partial charge on any atom is -0.488 e. The van der Waals surface area contributed by atoms with Gasteiger partial charge in [-0.15, -0.1) is 11.3 Å². The van der Waals surface area contributed by atoms with Crippen molar-refractivity contribution in [1.82, 2.24) is 10.3 Å². The number of hydrogen-bond acceptors (Lipinski definition) is 4. The predicted molar refractivity (Wildman–Crippen MR) is 89.5 cm³/mol. The van der Waals surface area contributed by atoms with E-state index in [-0.39, 0.29) is 5.91 Å². The maximum Gasteiger partial charge on any atom is 0.261 e. The molecule has 0 radical (unpaired) electrons. The monoisotopic (exact) mass is 322 g/mol. The van der Waals surface area contributed by atoms with Gasteiger partial charge in [0, 0.05) is 34.9 Å². The molecule has 0 unspecified atom stereocenters. The first kappa shape index (κ1) is 14.0. The molecule has 0 atom stereocenters. The average Bonchev–Trinajstić information content (AvgIpc) is 3.05. The lowest BCUT2D eigenvalue weighted by atomic mass is 10.1. The lowest BCUT2D eigenvalue weighted by Crippen LogP contribution is -2.21. The Hall–Kier alpha value is -2.66. The number of pyridine rings is 1. The summed E-state index contributed by atoms with van der Waals surface area (Å²) in [6.45, 7) is 0.987. The van der Waals surface area contributed by atoms with Crippen LogP contribution in [0.5, 0.6) is 5.75 Å². The topological polar surface area (TPSA) is 51.2 Å². The molecule has 0 spiro atoms. The molecule has 4 rings (SSSR count). The van der Waals surface area contributed by atoms with Crippen LogP contribution in [0.2, 0.25) is 0 Å². The van der Waals surface area contributed by atoms with E-state index in [4.69, 9.17) is 4.74 Å². The molecule has 3 heterocycles. The molecule has 0 aliphatic carbocycles. The van der Waals surface area contributed by atoms with E-state index >= 15 is 0 Å². The highest BCUT2D eigenvalue weighted by Gasteiger charge is 2.22. The minimum absolute atomic E-state index is 0.0641. The highest BCUT2D eigenvalue weighted by molar-refractivity contribution is 7.17. The van der Waals surface area contributed by atoms with Gasteiger partial charge < -0.3 is 10.1 Å². The predicted octanol–water partition coefficient (Wildman–Crippen LogP) is 3.63. The SMILES string of the molecule is O=C(NCc1cccnc1)c1cc2c(s1)-c1ccccc1OC2. The van der Waals surface area contributed by atoms with Crippen LogP contribution in [-0.2, 0) is 13.2 Å². The van der Waals surface area contributed by atoms with Gasteiger partial charge in [-0.25, -0.2) is 0 Å². The van der Waals surface area contributed by atoms with E-state index in [9.17, 15) is 4.79 Å². The Kier molecular flexibility index (Phi) is 3.55. The van der Waals surface area contributed by atoms with Gasteiger partial charge in [-0.3, -0.25) is 9.78 Å². The van der Waals surface area contributed by atoms with Gasteiger partial charge >= 0.3 is 0 Å². The fraction of sp³-hybridized carbons (Fsp3) is 0.111. The summed E-state index contributed by atoms with van der Waals surface area (Å²) in [5, 5.41) is 2.94. The molecule has 23 heavy (non-hydrogen) atoms. The number of benzene rings is 1. The molecule has 2 aromatic heterocycles. The molecular weight excluding hydrogens is 308 g/mol. The Labute approximate surface area is 137 Å². The second-order valence-corrected chi connectivity index (χ2v) is 6.35. The van der Waals surface area contributed by atoms with Gasteiger partial charge in [-0.2, -0.15) is 0 Å². The van der Waals surface area contributed by atoms with Crippen LogP contribution in [0.25, 0.3) is 10.4 Å². The first-order valence-electron chi connectivity index (χ1n) is 7.33. The van der Waals surface area contributed by atoms with E-state index < -0.39 is 0 Å². The Bertz CT molecular complexity index is 858. The highest BCUT2D eigenvalue weighted by atomic mass is 32.1. The molecular formula is C18H14N2O2S. The van der Waals surface area contributed by atoms with E-state index in [2.05, 4.69) is 10.3 Å². The summed E-state index contributed by atoms with van der Waals surface area (Å²) in [5.74, 6) is 0.815. The van der Waals surface area contributed by atoms with Gasteiger partial charge in [-0.05, 0) is 29.8 Å². The fourth-order valence-electron chi connectivity index (χ4n) is 2.58. The third kappa shape index (κ3) is 2.71. The van der Waals surface area contributed by atoms with Crippen molar-refractivity contribution in [1.29, 1.82) is 0 Å². The number of rotatable bonds is 3. The van der Waals surface area contributed by atoms with Crippen LogP contribution in [0.4, 0.5) is 0 Å². The van der Waals surface area contributed by atoms with Gasteiger partial charge in [0.15, 0.2) is 0 Å². The molecule has 0 fully saturated rings. The molecule has 1 N–H and O–H groups in total. The summed E-state index contributed by atoms with van der Waals surface area (Å²) in [7, 11) is 0. The number of aromatic nitrogens is 1. The summed E-state index contributed by atoms with van der Waals surface area (Å²) in [6.07, 6.45) is 3.47. The van der Waals surface area contributed by atoms with E-state index in [1.807, 2.05) is 42.5 Å². The summed E-state index contributed by atoms with van der Waals surface area (Å²) in [5.41, 5.74) is 3.11. The van der Waals surface area contributed by atoms with Crippen LogP contribution >= 0.6 is 11.3 Å². The quantitative estimate of drug-likeness (QED) is 0.801. The van der Waals surface area contributed by atoms with Crippen molar-refractivity contribution >= 4 is 17.2 Å². The maximum absolute atomic E-state index is 12.4. The third-order valence-electron chi connectivity index (χ3n) is 3.72.